The van der Waals surface area contributed by atoms with Crippen LogP contribution in [-0.2, 0) is 4.79 Å². The van der Waals surface area contributed by atoms with Crippen LogP contribution in [0, 0.1) is 6.92 Å². The van der Waals surface area contributed by atoms with Gasteiger partial charge in [-0.1, -0.05) is 41.6 Å². The largest absolute Gasteiger partial charge is 0.360 e. The summed E-state index contributed by atoms with van der Waals surface area (Å²) in [4.78, 5) is 24.2. The second-order valence-electron chi connectivity index (χ2n) is 5.16. The van der Waals surface area contributed by atoms with Crippen molar-refractivity contribution in [1.29, 1.82) is 0 Å². The van der Waals surface area contributed by atoms with Crippen molar-refractivity contribution in [3.05, 3.63) is 53.3 Å². The molecule has 2 aromatic rings. The maximum Gasteiger partial charge on any atom is 0.275 e. The molecule has 0 aliphatic carbocycles. The van der Waals surface area contributed by atoms with E-state index in [-0.39, 0.29) is 16.6 Å². The van der Waals surface area contributed by atoms with Crippen molar-refractivity contribution < 1.29 is 14.1 Å². The third-order valence-electron chi connectivity index (χ3n) is 3.44. The first-order chi connectivity index (χ1) is 11.9. The molecular weight excluding hydrogens is 340 g/mol. The van der Waals surface area contributed by atoms with E-state index < -0.39 is 5.91 Å². The molecule has 1 aromatic carbocycles. The van der Waals surface area contributed by atoms with Crippen LogP contribution in [0.1, 0.15) is 30.0 Å². The Kier molecular flexibility index (Phi) is 6.02. The molecule has 0 fully saturated rings. The number of hydrogen-bond acceptors (Lipinski definition) is 5. The van der Waals surface area contributed by atoms with Gasteiger partial charge in [-0.05, 0) is 33.0 Å². The number of benzene rings is 1. The van der Waals surface area contributed by atoms with Crippen molar-refractivity contribution in [1.82, 2.24) is 21.3 Å². The molecule has 0 saturated heterocycles. The minimum absolute atomic E-state index is 0.0186. The first-order valence-electron chi connectivity index (χ1n) is 7.50. The summed E-state index contributed by atoms with van der Waals surface area (Å²) in [7, 11) is 0. The number of thiocarbonyl (C=S) groups is 1. The van der Waals surface area contributed by atoms with E-state index in [2.05, 4.69) is 21.3 Å². The smallest absolute Gasteiger partial charge is 0.275 e. The van der Waals surface area contributed by atoms with Crippen LogP contribution in [0.3, 0.4) is 0 Å². The molecule has 0 aliphatic heterocycles. The van der Waals surface area contributed by atoms with Crippen molar-refractivity contribution in [2.45, 2.75) is 20.8 Å². The quantitative estimate of drug-likeness (QED) is 0.442. The SMILES string of the molecule is C/C=C(\C)C(=O)NC(=S)NNC(=O)c1c(-c2ccccc2)noc1C. The summed E-state index contributed by atoms with van der Waals surface area (Å²) in [5.74, 6) is -0.449. The molecule has 25 heavy (non-hydrogen) atoms. The number of hydrogen-bond donors (Lipinski definition) is 3. The van der Waals surface area contributed by atoms with Crippen LogP contribution in [0.15, 0.2) is 46.5 Å². The molecule has 0 aliphatic rings. The minimum Gasteiger partial charge on any atom is -0.360 e. The highest BCUT2D eigenvalue weighted by molar-refractivity contribution is 7.80. The lowest BCUT2D eigenvalue weighted by Gasteiger charge is -2.11. The van der Waals surface area contributed by atoms with Crippen molar-refractivity contribution in [2.75, 3.05) is 0 Å². The Hall–Kier alpha value is -3.00. The van der Waals surface area contributed by atoms with Gasteiger partial charge >= 0.3 is 0 Å². The molecule has 0 spiro atoms. The molecule has 8 heteroatoms. The van der Waals surface area contributed by atoms with Gasteiger partial charge in [0.15, 0.2) is 5.11 Å². The number of rotatable bonds is 3. The topological polar surface area (TPSA) is 96.3 Å². The lowest BCUT2D eigenvalue weighted by Crippen LogP contribution is -2.48. The van der Waals surface area contributed by atoms with Gasteiger partial charge in [-0.2, -0.15) is 0 Å². The van der Waals surface area contributed by atoms with Crippen LogP contribution < -0.4 is 16.2 Å². The van der Waals surface area contributed by atoms with Gasteiger partial charge in [0, 0.05) is 11.1 Å². The molecule has 130 valence electrons. The fourth-order valence-electron chi connectivity index (χ4n) is 1.97. The van der Waals surface area contributed by atoms with E-state index in [1.807, 2.05) is 30.3 Å². The molecule has 3 N–H and O–H groups in total. The number of carbonyl (C=O) groups is 2. The Balaban J connectivity index is 2.06. The average molecular weight is 358 g/mol. The fraction of sp³-hybridized carbons (Fsp3) is 0.176. The predicted molar refractivity (Wildman–Crippen MR) is 97.4 cm³/mol. The molecule has 0 unspecified atom stereocenters. The Labute approximate surface area is 150 Å². The van der Waals surface area contributed by atoms with Crippen molar-refractivity contribution in [2.24, 2.45) is 0 Å². The number of aryl methyl sites for hydroxylation is 1. The van der Waals surface area contributed by atoms with Gasteiger partial charge in [-0.3, -0.25) is 25.8 Å². The molecule has 2 rings (SSSR count). The zero-order valence-corrected chi connectivity index (χ0v) is 14.9. The average Bonchev–Trinajstić information content (AvgIpc) is 3.01. The fourth-order valence-corrected chi connectivity index (χ4v) is 2.12. The minimum atomic E-state index is -0.475. The number of allylic oxidation sites excluding steroid dienone is 1. The Morgan fingerprint density at radius 3 is 2.52 bits per heavy atom. The number of aromatic nitrogens is 1. The highest BCUT2D eigenvalue weighted by Crippen LogP contribution is 2.24. The Bertz CT molecular complexity index is 828. The zero-order chi connectivity index (χ0) is 18.4. The summed E-state index contributed by atoms with van der Waals surface area (Å²) in [5, 5.41) is 6.38. The highest BCUT2D eigenvalue weighted by Gasteiger charge is 2.21. The zero-order valence-electron chi connectivity index (χ0n) is 14.0. The summed E-state index contributed by atoms with van der Waals surface area (Å²) in [6.07, 6.45) is 1.66. The number of amides is 2. The van der Waals surface area contributed by atoms with Crippen LogP contribution in [-0.4, -0.2) is 22.1 Å². The normalized spacial score (nSPS) is 10.9. The standard InChI is InChI=1S/C17H18N4O3S/c1-4-10(2)15(22)18-17(25)20-19-16(23)13-11(3)24-21-14(13)12-8-6-5-7-9-12/h4-9H,1-3H3,(H,19,23)(H2,18,20,22,25)/b10-4+. The highest BCUT2D eigenvalue weighted by atomic mass is 32.1. The third-order valence-corrected chi connectivity index (χ3v) is 3.65. The monoisotopic (exact) mass is 358 g/mol. The number of nitrogens with one attached hydrogen (secondary N) is 3. The summed E-state index contributed by atoms with van der Waals surface area (Å²) in [6.45, 7) is 5.04. The van der Waals surface area contributed by atoms with E-state index in [0.717, 1.165) is 5.56 Å². The van der Waals surface area contributed by atoms with Crippen LogP contribution in [0.5, 0.6) is 0 Å². The van der Waals surface area contributed by atoms with Crippen LogP contribution in [0.2, 0.25) is 0 Å². The van der Waals surface area contributed by atoms with Crippen molar-refractivity contribution >= 4 is 29.1 Å². The summed E-state index contributed by atoms with van der Waals surface area (Å²) in [5.41, 5.74) is 6.91. The second-order valence-corrected chi connectivity index (χ2v) is 5.57. The van der Waals surface area contributed by atoms with Gasteiger partial charge in [0.25, 0.3) is 11.8 Å². The molecule has 1 aromatic heterocycles. The molecule has 7 nitrogen and oxygen atoms in total. The van der Waals surface area contributed by atoms with Crippen LogP contribution in [0.4, 0.5) is 0 Å². The van der Waals surface area contributed by atoms with Gasteiger partial charge < -0.3 is 4.52 Å². The van der Waals surface area contributed by atoms with Gasteiger partial charge in [-0.25, -0.2) is 0 Å². The lowest BCUT2D eigenvalue weighted by atomic mass is 10.1. The van der Waals surface area contributed by atoms with E-state index in [0.29, 0.717) is 17.0 Å². The van der Waals surface area contributed by atoms with Gasteiger partial charge in [0.2, 0.25) is 0 Å². The van der Waals surface area contributed by atoms with Gasteiger partial charge in [-0.15, -0.1) is 0 Å². The Morgan fingerprint density at radius 1 is 1.20 bits per heavy atom. The van der Waals surface area contributed by atoms with E-state index >= 15 is 0 Å². The maximum atomic E-state index is 12.4. The van der Waals surface area contributed by atoms with Gasteiger partial charge in [0.05, 0.1) is 0 Å². The Morgan fingerprint density at radius 2 is 1.88 bits per heavy atom. The van der Waals surface area contributed by atoms with Crippen molar-refractivity contribution in [3.63, 3.8) is 0 Å². The molecule has 0 bridgehead atoms. The van der Waals surface area contributed by atoms with Crippen LogP contribution >= 0.6 is 12.2 Å². The summed E-state index contributed by atoms with van der Waals surface area (Å²) < 4.78 is 5.14. The maximum absolute atomic E-state index is 12.4. The molecular formula is C17H18N4O3S. The van der Waals surface area contributed by atoms with E-state index in [9.17, 15) is 9.59 Å². The number of carbonyl (C=O) groups excluding carboxylic acids is 2. The molecule has 0 atom stereocenters. The van der Waals surface area contributed by atoms with E-state index in [1.165, 1.54) is 0 Å². The van der Waals surface area contributed by atoms with Crippen molar-refractivity contribution in [3.8, 4) is 11.3 Å². The van der Waals surface area contributed by atoms with Crippen LogP contribution in [0.25, 0.3) is 11.3 Å². The second kappa shape index (κ2) is 8.20. The first kappa shape index (κ1) is 18.3. The van der Waals surface area contributed by atoms with E-state index in [4.69, 9.17) is 16.7 Å². The predicted octanol–water partition coefficient (Wildman–Crippen LogP) is 2.25. The third kappa shape index (κ3) is 4.51. The number of hydrazine groups is 1. The van der Waals surface area contributed by atoms with E-state index in [1.54, 1.807) is 26.8 Å². The lowest BCUT2D eigenvalue weighted by molar-refractivity contribution is -0.116. The number of nitrogens with zero attached hydrogens (tertiary/aromatic N) is 1. The molecule has 2 amide bonds. The molecule has 0 radical (unpaired) electrons. The van der Waals surface area contributed by atoms with Gasteiger partial charge in [0.1, 0.15) is 17.0 Å². The molecule has 0 saturated carbocycles. The summed E-state index contributed by atoms with van der Waals surface area (Å²) in [6, 6.07) is 9.20. The first-order valence-corrected chi connectivity index (χ1v) is 7.91. The summed E-state index contributed by atoms with van der Waals surface area (Å²) >= 11 is 4.98. The molecule has 1 heterocycles.